The Morgan fingerprint density at radius 3 is 3.08 bits per heavy atom. The van der Waals surface area contributed by atoms with E-state index < -0.39 is 0 Å². The molecule has 0 saturated carbocycles. The summed E-state index contributed by atoms with van der Waals surface area (Å²) in [4.78, 5) is 0. The first-order valence-corrected chi connectivity index (χ1v) is 3.71. The van der Waals surface area contributed by atoms with Crippen molar-refractivity contribution in [2.45, 2.75) is 6.10 Å². The normalized spacial score (nSPS) is 20.6. The van der Waals surface area contributed by atoms with Gasteiger partial charge in [-0.25, -0.2) is 0 Å². The average Bonchev–Trinajstić information content (AvgIpc) is 2.03. The minimum Gasteiger partial charge on any atom is -0.508 e. The van der Waals surface area contributed by atoms with E-state index in [0.29, 0.717) is 18.1 Å². The molecule has 0 saturated heterocycles. The number of phenols is 1. The van der Waals surface area contributed by atoms with Crippen molar-refractivity contribution in [2.75, 3.05) is 6.61 Å². The monoisotopic (exact) mass is 165 g/mol. The molecule has 0 aliphatic carbocycles. The minimum absolute atomic E-state index is 0.173. The molecule has 0 aromatic heterocycles. The molecule has 2 rings (SSSR count). The predicted molar refractivity (Wildman–Crippen MR) is 43.4 cm³/mol. The first-order chi connectivity index (χ1) is 5.75. The van der Waals surface area contributed by atoms with Crippen LogP contribution in [0.25, 0.3) is 0 Å². The van der Waals surface area contributed by atoms with E-state index in [-0.39, 0.29) is 11.9 Å². The zero-order chi connectivity index (χ0) is 8.55. The van der Waals surface area contributed by atoms with Crippen molar-refractivity contribution < 1.29 is 14.6 Å². The van der Waals surface area contributed by atoms with E-state index in [4.69, 9.17) is 14.6 Å². The highest BCUT2D eigenvalue weighted by molar-refractivity contribution is 5.46. The van der Waals surface area contributed by atoms with E-state index >= 15 is 0 Å². The van der Waals surface area contributed by atoms with Crippen LogP contribution in [0.2, 0.25) is 0 Å². The van der Waals surface area contributed by atoms with Crippen LogP contribution in [0.3, 0.4) is 0 Å². The molecule has 3 nitrogen and oxygen atoms in total. The summed E-state index contributed by atoms with van der Waals surface area (Å²) in [6.07, 6.45) is -0.195. The number of benzene rings is 1. The van der Waals surface area contributed by atoms with Crippen LogP contribution in [0.15, 0.2) is 18.2 Å². The predicted octanol–water partition coefficient (Wildman–Crippen LogP) is 1.37. The molecule has 12 heavy (non-hydrogen) atoms. The summed E-state index contributed by atoms with van der Waals surface area (Å²) in [6.45, 7) is 4.15. The van der Waals surface area contributed by atoms with E-state index in [9.17, 15) is 0 Å². The number of hydrogen-bond acceptors (Lipinski definition) is 3. The highest BCUT2D eigenvalue weighted by Gasteiger charge is 2.16. The van der Waals surface area contributed by atoms with Crippen molar-refractivity contribution in [1.29, 1.82) is 0 Å². The van der Waals surface area contributed by atoms with Crippen molar-refractivity contribution in [2.24, 2.45) is 0 Å². The van der Waals surface area contributed by atoms with E-state index in [1.807, 2.05) is 0 Å². The van der Waals surface area contributed by atoms with Gasteiger partial charge < -0.3 is 14.6 Å². The minimum atomic E-state index is -0.195. The Labute approximate surface area is 70.5 Å². The van der Waals surface area contributed by atoms with Crippen molar-refractivity contribution in [1.82, 2.24) is 0 Å². The summed E-state index contributed by atoms with van der Waals surface area (Å²) >= 11 is 0. The molecule has 1 radical (unpaired) electrons. The standard InChI is InChI=1S/C9H9O3/c1-6-5-11-8-3-2-7(10)4-9(8)12-6/h2-4,6,10H,1,5H2. The summed E-state index contributed by atoms with van der Waals surface area (Å²) in [5.41, 5.74) is 0. The third kappa shape index (κ3) is 1.18. The molecule has 0 bridgehead atoms. The van der Waals surface area contributed by atoms with Gasteiger partial charge in [-0.1, -0.05) is 0 Å². The molecular weight excluding hydrogens is 156 g/mol. The number of hydrogen-bond donors (Lipinski definition) is 1. The van der Waals surface area contributed by atoms with Gasteiger partial charge in [-0.3, -0.25) is 0 Å². The van der Waals surface area contributed by atoms with Gasteiger partial charge in [-0.15, -0.1) is 0 Å². The molecule has 1 aromatic carbocycles. The molecule has 3 heteroatoms. The van der Waals surface area contributed by atoms with Gasteiger partial charge in [0.2, 0.25) is 0 Å². The Balaban J connectivity index is 2.37. The maximum atomic E-state index is 9.12. The molecule has 1 aromatic rings. The van der Waals surface area contributed by atoms with Crippen LogP contribution in [-0.4, -0.2) is 17.8 Å². The maximum absolute atomic E-state index is 9.12. The second-order valence-corrected chi connectivity index (χ2v) is 2.68. The molecule has 1 aliphatic heterocycles. The first kappa shape index (κ1) is 7.28. The fourth-order valence-electron chi connectivity index (χ4n) is 1.10. The number of ether oxygens (including phenoxy) is 2. The SMILES string of the molecule is [CH2]C1COc2ccc(O)cc2O1. The van der Waals surface area contributed by atoms with Crippen molar-refractivity contribution >= 4 is 0 Å². The molecule has 0 spiro atoms. The van der Waals surface area contributed by atoms with Gasteiger partial charge in [0.25, 0.3) is 0 Å². The topological polar surface area (TPSA) is 38.7 Å². The molecule has 1 unspecified atom stereocenters. The molecule has 63 valence electrons. The molecular formula is C9H9O3. The highest BCUT2D eigenvalue weighted by atomic mass is 16.6. The second kappa shape index (κ2) is 2.59. The lowest BCUT2D eigenvalue weighted by molar-refractivity contribution is 0.120. The van der Waals surface area contributed by atoms with E-state index in [2.05, 4.69) is 6.92 Å². The quantitative estimate of drug-likeness (QED) is 0.631. The zero-order valence-corrected chi connectivity index (χ0v) is 6.49. The van der Waals surface area contributed by atoms with Crippen molar-refractivity contribution in [3.63, 3.8) is 0 Å². The maximum Gasteiger partial charge on any atom is 0.165 e. The molecule has 0 fully saturated rings. The average molecular weight is 165 g/mol. The van der Waals surface area contributed by atoms with Crippen LogP contribution in [0.4, 0.5) is 0 Å². The Hall–Kier alpha value is -1.38. The fourth-order valence-corrected chi connectivity index (χ4v) is 1.10. The van der Waals surface area contributed by atoms with Crippen molar-refractivity contribution in [3.05, 3.63) is 25.1 Å². The molecule has 1 heterocycles. The summed E-state index contributed by atoms with van der Waals surface area (Å²) in [5, 5.41) is 9.12. The summed E-state index contributed by atoms with van der Waals surface area (Å²) < 4.78 is 10.6. The first-order valence-electron chi connectivity index (χ1n) is 3.71. The lowest BCUT2D eigenvalue weighted by Gasteiger charge is -2.23. The molecule has 1 atom stereocenters. The number of aromatic hydroxyl groups is 1. The number of fused-ring (bicyclic) bond motifs is 1. The van der Waals surface area contributed by atoms with Gasteiger partial charge in [0, 0.05) is 6.07 Å². The molecule has 1 N–H and O–H groups in total. The van der Waals surface area contributed by atoms with Crippen LogP contribution in [0.1, 0.15) is 0 Å². The Kier molecular flexibility index (Phi) is 1.57. The Bertz CT molecular complexity index is 296. The molecule has 0 amide bonds. The van der Waals surface area contributed by atoms with E-state index in [1.165, 1.54) is 6.07 Å². The second-order valence-electron chi connectivity index (χ2n) is 2.68. The number of phenolic OH excluding ortho intramolecular Hbond substituents is 1. The Morgan fingerprint density at radius 1 is 1.42 bits per heavy atom. The van der Waals surface area contributed by atoms with Crippen LogP contribution in [0, 0.1) is 6.92 Å². The smallest absolute Gasteiger partial charge is 0.165 e. The van der Waals surface area contributed by atoms with Gasteiger partial charge in [0.05, 0.1) is 0 Å². The fraction of sp³-hybridized carbons (Fsp3) is 0.222. The van der Waals surface area contributed by atoms with E-state index in [0.717, 1.165) is 0 Å². The zero-order valence-electron chi connectivity index (χ0n) is 6.49. The lowest BCUT2D eigenvalue weighted by Crippen LogP contribution is -2.25. The van der Waals surface area contributed by atoms with Crippen LogP contribution >= 0.6 is 0 Å². The molecule has 1 aliphatic rings. The van der Waals surface area contributed by atoms with Gasteiger partial charge >= 0.3 is 0 Å². The van der Waals surface area contributed by atoms with Gasteiger partial charge in [0.1, 0.15) is 18.5 Å². The summed E-state index contributed by atoms with van der Waals surface area (Å²) in [6, 6.07) is 4.76. The summed E-state index contributed by atoms with van der Waals surface area (Å²) in [5.74, 6) is 1.39. The van der Waals surface area contributed by atoms with Gasteiger partial charge in [0.15, 0.2) is 11.5 Å². The lowest BCUT2D eigenvalue weighted by atomic mass is 10.2. The van der Waals surface area contributed by atoms with E-state index in [1.54, 1.807) is 12.1 Å². The largest absolute Gasteiger partial charge is 0.508 e. The summed E-state index contributed by atoms with van der Waals surface area (Å²) in [7, 11) is 0. The van der Waals surface area contributed by atoms with Gasteiger partial charge in [-0.2, -0.15) is 0 Å². The highest BCUT2D eigenvalue weighted by Crippen LogP contribution is 2.34. The van der Waals surface area contributed by atoms with Crippen LogP contribution < -0.4 is 9.47 Å². The number of rotatable bonds is 0. The van der Waals surface area contributed by atoms with Crippen LogP contribution in [-0.2, 0) is 0 Å². The third-order valence-electron chi connectivity index (χ3n) is 1.65. The Morgan fingerprint density at radius 2 is 2.25 bits per heavy atom. The van der Waals surface area contributed by atoms with Crippen molar-refractivity contribution in [3.8, 4) is 17.2 Å². The third-order valence-corrected chi connectivity index (χ3v) is 1.65. The van der Waals surface area contributed by atoms with Crippen LogP contribution in [0.5, 0.6) is 17.2 Å². The van der Waals surface area contributed by atoms with Gasteiger partial charge in [-0.05, 0) is 19.1 Å².